The Bertz CT molecular complexity index is 605. The summed E-state index contributed by atoms with van der Waals surface area (Å²) in [6, 6.07) is 3.76. The minimum absolute atomic E-state index is 0.0916. The Morgan fingerprint density at radius 1 is 1.04 bits per heavy atom. The van der Waals surface area contributed by atoms with Gasteiger partial charge in [0, 0.05) is 18.9 Å². The van der Waals surface area contributed by atoms with Crippen molar-refractivity contribution in [2.45, 2.75) is 71.4 Å². The number of aliphatic hydroxyl groups is 1. The lowest BCUT2D eigenvalue weighted by Gasteiger charge is -2.26. The van der Waals surface area contributed by atoms with E-state index < -0.39 is 11.7 Å². The Kier molecular flexibility index (Phi) is 12.4. The quantitative estimate of drug-likeness (QED) is 0.257. The lowest BCUT2D eigenvalue weighted by atomic mass is 10.0. The fraction of sp³-hybridized carbons (Fsp3) is 0.636. The van der Waals surface area contributed by atoms with E-state index in [1.165, 1.54) is 37.8 Å². The van der Waals surface area contributed by atoms with Crippen LogP contribution in [0.5, 0.6) is 5.75 Å². The summed E-state index contributed by atoms with van der Waals surface area (Å²) >= 11 is 0. The molecule has 0 aromatic heterocycles. The van der Waals surface area contributed by atoms with Crippen molar-refractivity contribution in [1.82, 2.24) is 0 Å². The molecule has 0 amide bonds. The van der Waals surface area contributed by atoms with E-state index in [0.717, 1.165) is 25.3 Å². The van der Waals surface area contributed by atoms with Crippen LogP contribution < -0.4 is 5.11 Å². The van der Waals surface area contributed by atoms with Crippen molar-refractivity contribution in [3.8, 4) is 5.75 Å². The summed E-state index contributed by atoms with van der Waals surface area (Å²) in [7, 11) is 5.85. The number of unbranched alkanes of at least 4 members (excludes halogenated alkanes) is 6. The molecule has 0 aliphatic carbocycles. The number of carboxylic acids is 1. The number of benzene rings is 1. The number of carbonyl (C=O) groups excluding carboxylic acids is 1. The second-order valence-electron chi connectivity index (χ2n) is 8.06. The van der Waals surface area contributed by atoms with Gasteiger partial charge in [0.05, 0.1) is 26.7 Å². The molecule has 0 saturated carbocycles. The van der Waals surface area contributed by atoms with E-state index in [1.807, 2.05) is 21.1 Å². The number of carboxylic acid groups (broad SMARTS) is 1. The fourth-order valence-electron chi connectivity index (χ4n) is 2.26. The topological polar surface area (TPSA) is 97.7 Å². The van der Waals surface area contributed by atoms with Gasteiger partial charge in [0.1, 0.15) is 0 Å². The van der Waals surface area contributed by atoms with Gasteiger partial charge in [-0.05, 0) is 12.5 Å². The van der Waals surface area contributed by atoms with Crippen LogP contribution in [0.1, 0.15) is 85.9 Å². The van der Waals surface area contributed by atoms with E-state index in [-0.39, 0.29) is 17.6 Å². The van der Waals surface area contributed by atoms with Gasteiger partial charge in [0.2, 0.25) is 0 Å². The first-order chi connectivity index (χ1) is 13.0. The van der Waals surface area contributed by atoms with Crippen molar-refractivity contribution in [2.75, 3.05) is 21.1 Å². The Morgan fingerprint density at radius 2 is 1.54 bits per heavy atom. The van der Waals surface area contributed by atoms with Crippen LogP contribution in [0, 0.1) is 0 Å². The van der Waals surface area contributed by atoms with Gasteiger partial charge in [-0.1, -0.05) is 63.3 Å². The third kappa shape index (κ3) is 11.0. The number of quaternary nitrogens is 1. The highest BCUT2D eigenvalue weighted by Crippen LogP contribution is 2.18. The summed E-state index contributed by atoms with van der Waals surface area (Å²) in [5.74, 6) is -1.94. The first kappa shape index (κ1) is 26.1. The highest BCUT2D eigenvalue weighted by atomic mass is 16.4. The normalized spacial score (nSPS) is 12.1. The lowest BCUT2D eigenvalue weighted by Crippen LogP contribution is -2.42. The number of aromatic carboxylic acids is 1. The van der Waals surface area contributed by atoms with Gasteiger partial charge in [0.15, 0.2) is 12.0 Å². The summed E-state index contributed by atoms with van der Waals surface area (Å²) in [5.41, 5.74) is -0.0154. The maximum Gasteiger partial charge on any atom is 0.335 e. The SMILES string of the molecule is CC(O)[N+](C)(C)C.CCCCCCCCCC(=O)c1ccc([O-])c(C(=O)O)c1. The fourth-order valence-corrected chi connectivity index (χ4v) is 2.26. The number of carbonyl (C=O) groups is 2. The molecule has 0 bridgehead atoms. The van der Waals surface area contributed by atoms with Crippen molar-refractivity contribution in [1.29, 1.82) is 0 Å². The Labute approximate surface area is 169 Å². The number of aliphatic hydroxyl groups excluding tert-OH is 1. The number of rotatable bonds is 11. The van der Waals surface area contributed by atoms with Crippen molar-refractivity contribution in [3.63, 3.8) is 0 Å². The van der Waals surface area contributed by atoms with Crippen molar-refractivity contribution < 1.29 is 29.4 Å². The molecule has 0 saturated heterocycles. The zero-order valence-corrected chi connectivity index (χ0v) is 18.0. The second-order valence-corrected chi connectivity index (χ2v) is 8.06. The van der Waals surface area contributed by atoms with Crippen LogP contribution in [0.3, 0.4) is 0 Å². The van der Waals surface area contributed by atoms with Gasteiger partial charge >= 0.3 is 5.97 Å². The van der Waals surface area contributed by atoms with Crippen molar-refractivity contribution in [2.24, 2.45) is 0 Å². The van der Waals surface area contributed by atoms with Gasteiger partial charge in [0.25, 0.3) is 0 Å². The van der Waals surface area contributed by atoms with Crippen molar-refractivity contribution in [3.05, 3.63) is 29.3 Å². The summed E-state index contributed by atoms with van der Waals surface area (Å²) in [4.78, 5) is 22.8. The zero-order chi connectivity index (χ0) is 21.7. The minimum Gasteiger partial charge on any atom is -0.872 e. The van der Waals surface area contributed by atoms with E-state index in [0.29, 0.717) is 16.5 Å². The Morgan fingerprint density at radius 3 is 2.00 bits per heavy atom. The molecule has 1 aromatic rings. The molecule has 0 spiro atoms. The van der Waals surface area contributed by atoms with Crippen LogP contribution in [0.15, 0.2) is 18.2 Å². The molecule has 6 heteroatoms. The average Bonchev–Trinajstić information content (AvgIpc) is 2.60. The predicted molar refractivity (Wildman–Crippen MR) is 110 cm³/mol. The Balaban J connectivity index is 0.000000887. The summed E-state index contributed by atoms with van der Waals surface area (Å²) < 4.78 is 0.611. The molecule has 0 fully saturated rings. The maximum atomic E-state index is 12.0. The lowest BCUT2D eigenvalue weighted by molar-refractivity contribution is -0.916. The van der Waals surface area contributed by atoms with Crippen LogP contribution in [-0.4, -0.2) is 53.8 Å². The second kappa shape index (κ2) is 13.3. The monoisotopic (exact) mass is 395 g/mol. The van der Waals surface area contributed by atoms with Gasteiger partial charge in [-0.25, -0.2) is 4.79 Å². The van der Waals surface area contributed by atoms with E-state index >= 15 is 0 Å². The molecule has 2 N–H and O–H groups in total. The van der Waals surface area contributed by atoms with Crippen LogP contribution in [0.25, 0.3) is 0 Å². The molecule has 0 aliphatic rings. The highest BCUT2D eigenvalue weighted by molar-refractivity contribution is 5.99. The molecule has 0 radical (unpaired) electrons. The molecule has 6 nitrogen and oxygen atoms in total. The van der Waals surface area contributed by atoms with Gasteiger partial charge in [-0.2, -0.15) is 0 Å². The first-order valence-corrected chi connectivity index (χ1v) is 10.1. The number of nitrogens with zero attached hydrogens (tertiary/aromatic N) is 1. The number of Topliss-reactive ketones (excluding diaryl/α,β-unsaturated/α-hetero) is 1. The van der Waals surface area contributed by atoms with E-state index in [9.17, 15) is 14.7 Å². The molecule has 1 atom stereocenters. The molecular weight excluding hydrogens is 358 g/mol. The van der Waals surface area contributed by atoms with E-state index in [1.54, 1.807) is 6.92 Å². The zero-order valence-electron chi connectivity index (χ0n) is 18.0. The summed E-state index contributed by atoms with van der Waals surface area (Å²) in [5, 5.41) is 29.1. The molecular formula is C22H37NO5. The van der Waals surface area contributed by atoms with Gasteiger partial charge in [-0.15, -0.1) is 0 Å². The average molecular weight is 396 g/mol. The third-order valence-electron chi connectivity index (χ3n) is 4.66. The molecule has 1 aromatic carbocycles. The minimum atomic E-state index is -1.29. The van der Waals surface area contributed by atoms with Crippen LogP contribution in [-0.2, 0) is 0 Å². The van der Waals surface area contributed by atoms with Crippen LogP contribution >= 0.6 is 0 Å². The van der Waals surface area contributed by atoms with Crippen LogP contribution in [0.4, 0.5) is 0 Å². The number of hydrogen-bond acceptors (Lipinski definition) is 4. The smallest absolute Gasteiger partial charge is 0.335 e. The first-order valence-electron chi connectivity index (χ1n) is 10.1. The Hall–Kier alpha value is -1.92. The van der Waals surface area contributed by atoms with Gasteiger partial charge < -0.3 is 19.8 Å². The number of ketones is 1. The van der Waals surface area contributed by atoms with Crippen LogP contribution in [0.2, 0.25) is 0 Å². The molecule has 0 aliphatic heterocycles. The predicted octanol–water partition coefficient (Wildman–Crippen LogP) is 3.81. The maximum absolute atomic E-state index is 12.0. The van der Waals surface area contributed by atoms with E-state index in [4.69, 9.17) is 10.2 Å². The highest BCUT2D eigenvalue weighted by Gasteiger charge is 2.12. The largest absolute Gasteiger partial charge is 0.872 e. The molecule has 1 rings (SSSR count). The van der Waals surface area contributed by atoms with Gasteiger partial charge in [-0.3, -0.25) is 4.79 Å². The van der Waals surface area contributed by atoms with Crippen molar-refractivity contribution >= 4 is 11.8 Å². The molecule has 160 valence electrons. The number of hydrogen-bond donors (Lipinski definition) is 2. The molecule has 28 heavy (non-hydrogen) atoms. The molecule has 0 heterocycles. The van der Waals surface area contributed by atoms with E-state index in [2.05, 4.69) is 6.92 Å². The molecule has 1 unspecified atom stereocenters. The third-order valence-corrected chi connectivity index (χ3v) is 4.66. The summed E-state index contributed by atoms with van der Waals surface area (Å²) in [6.07, 6.45) is 8.04. The summed E-state index contributed by atoms with van der Waals surface area (Å²) in [6.45, 7) is 3.96. The standard InChI is InChI=1S/C17H24O4.C5H14NO/c1-2-3-4-5-6-7-8-9-15(18)13-10-11-16(19)14(12-13)17(20)21;1-5(7)6(2,3)4/h10-12,19H,2-9H2,1H3,(H,20,21);5,7H,1-4H3/q;+1/p-1.